The molecule has 0 unspecified atom stereocenters. The van der Waals surface area contributed by atoms with Crippen molar-refractivity contribution in [2.24, 2.45) is 0 Å². The minimum absolute atomic E-state index is 0.678. The normalized spacial score (nSPS) is 9.67. The zero-order valence-electron chi connectivity index (χ0n) is 9.20. The minimum Gasteiger partial charge on any atom is -0.372 e. The molecule has 1 heterocycles. The first kappa shape index (κ1) is 11.5. The van der Waals surface area contributed by atoms with E-state index in [-0.39, 0.29) is 0 Å². The van der Waals surface area contributed by atoms with Crippen molar-refractivity contribution in [3.8, 4) is 6.07 Å². The summed E-state index contributed by atoms with van der Waals surface area (Å²) in [6.07, 6.45) is 4.42. The van der Waals surface area contributed by atoms with Gasteiger partial charge in [-0.15, -0.1) is 0 Å². The summed E-state index contributed by atoms with van der Waals surface area (Å²) < 4.78 is 0. The molecule has 0 aliphatic heterocycles. The van der Waals surface area contributed by atoms with Crippen molar-refractivity contribution in [1.29, 1.82) is 5.26 Å². The van der Waals surface area contributed by atoms with Crippen LogP contribution in [0.2, 0.25) is 0 Å². The number of hydrogen-bond acceptors (Lipinski definition) is 4. The highest BCUT2D eigenvalue weighted by atomic mass is 15.1. The van der Waals surface area contributed by atoms with Gasteiger partial charge in [0.1, 0.15) is 6.07 Å². The first-order valence-electron chi connectivity index (χ1n) is 4.99. The topological polar surface area (TPSA) is 52.0 Å². The van der Waals surface area contributed by atoms with Gasteiger partial charge in [0.2, 0.25) is 0 Å². The van der Waals surface area contributed by atoms with E-state index in [1.54, 1.807) is 18.5 Å². The second kappa shape index (κ2) is 5.99. The molecule has 0 saturated heterocycles. The zero-order valence-corrected chi connectivity index (χ0v) is 9.20. The lowest BCUT2D eigenvalue weighted by molar-refractivity contribution is 0.712. The fourth-order valence-corrected chi connectivity index (χ4v) is 1.40. The maximum Gasteiger partial charge on any atom is 0.101 e. The molecule has 0 spiro atoms. The van der Waals surface area contributed by atoms with Crippen LogP contribution in [0.3, 0.4) is 0 Å². The molecule has 0 amide bonds. The van der Waals surface area contributed by atoms with Gasteiger partial charge in [0.15, 0.2) is 0 Å². The third-order valence-corrected chi connectivity index (χ3v) is 2.25. The number of rotatable bonds is 5. The van der Waals surface area contributed by atoms with Gasteiger partial charge >= 0.3 is 0 Å². The van der Waals surface area contributed by atoms with Gasteiger partial charge in [-0.05, 0) is 26.1 Å². The van der Waals surface area contributed by atoms with Crippen molar-refractivity contribution in [2.75, 3.05) is 32.1 Å². The second-order valence-electron chi connectivity index (χ2n) is 3.38. The van der Waals surface area contributed by atoms with E-state index in [2.05, 4.69) is 21.3 Å². The van der Waals surface area contributed by atoms with Crippen LogP contribution in [0, 0.1) is 11.3 Å². The van der Waals surface area contributed by atoms with E-state index in [0.717, 1.165) is 25.2 Å². The van der Waals surface area contributed by atoms with Crippen molar-refractivity contribution >= 4 is 5.69 Å². The van der Waals surface area contributed by atoms with Crippen LogP contribution in [-0.2, 0) is 0 Å². The van der Waals surface area contributed by atoms with Crippen LogP contribution in [-0.4, -0.2) is 32.2 Å². The molecule has 0 bridgehead atoms. The SMILES string of the molecule is CNCCCN(C)c1cnccc1C#N. The van der Waals surface area contributed by atoms with E-state index in [9.17, 15) is 0 Å². The van der Waals surface area contributed by atoms with Gasteiger partial charge < -0.3 is 10.2 Å². The predicted octanol–water partition coefficient (Wildman–Crippen LogP) is 0.999. The first-order valence-corrected chi connectivity index (χ1v) is 4.99. The third-order valence-electron chi connectivity index (χ3n) is 2.25. The molecule has 0 aliphatic carbocycles. The summed E-state index contributed by atoms with van der Waals surface area (Å²) >= 11 is 0. The summed E-state index contributed by atoms with van der Waals surface area (Å²) in [6, 6.07) is 3.91. The Balaban J connectivity index is 2.65. The van der Waals surface area contributed by atoms with Crippen LogP contribution in [0.5, 0.6) is 0 Å². The van der Waals surface area contributed by atoms with Gasteiger partial charge in [-0.2, -0.15) is 5.26 Å². The van der Waals surface area contributed by atoms with Gasteiger partial charge in [0.05, 0.1) is 17.4 Å². The Kier molecular flexibility index (Phi) is 4.58. The van der Waals surface area contributed by atoms with E-state index in [4.69, 9.17) is 5.26 Å². The third kappa shape index (κ3) is 3.22. The summed E-state index contributed by atoms with van der Waals surface area (Å²) in [5, 5.41) is 12.0. The zero-order chi connectivity index (χ0) is 11.1. The standard InChI is InChI=1S/C11H16N4/c1-13-5-3-7-15(2)11-9-14-6-4-10(11)8-12/h4,6,9,13H,3,5,7H2,1-2H3. The van der Waals surface area contributed by atoms with Crippen LogP contribution in [0.1, 0.15) is 12.0 Å². The summed E-state index contributed by atoms with van der Waals surface area (Å²) in [6.45, 7) is 1.90. The van der Waals surface area contributed by atoms with Gasteiger partial charge in [-0.3, -0.25) is 4.98 Å². The lowest BCUT2D eigenvalue weighted by atomic mass is 10.2. The Hall–Kier alpha value is -1.60. The Labute approximate surface area is 90.5 Å². The average Bonchev–Trinajstić information content (AvgIpc) is 2.29. The number of nitriles is 1. The smallest absolute Gasteiger partial charge is 0.101 e. The number of aromatic nitrogens is 1. The molecule has 4 heteroatoms. The molecule has 4 nitrogen and oxygen atoms in total. The molecular formula is C11H16N4. The van der Waals surface area contributed by atoms with Crippen molar-refractivity contribution in [2.45, 2.75) is 6.42 Å². The minimum atomic E-state index is 0.678. The maximum absolute atomic E-state index is 8.92. The molecule has 0 atom stereocenters. The van der Waals surface area contributed by atoms with Crippen LogP contribution in [0.15, 0.2) is 18.5 Å². The molecule has 0 fully saturated rings. The highest BCUT2D eigenvalue weighted by Gasteiger charge is 2.05. The molecule has 1 N–H and O–H groups in total. The number of anilines is 1. The number of hydrogen-bond donors (Lipinski definition) is 1. The van der Waals surface area contributed by atoms with Crippen LogP contribution >= 0.6 is 0 Å². The molecule has 1 aromatic rings. The highest BCUT2D eigenvalue weighted by Crippen LogP contribution is 2.16. The fourth-order valence-electron chi connectivity index (χ4n) is 1.40. The van der Waals surface area contributed by atoms with Crippen LogP contribution in [0.4, 0.5) is 5.69 Å². The lowest BCUT2D eigenvalue weighted by Gasteiger charge is -2.19. The molecule has 0 radical (unpaired) electrons. The predicted molar refractivity (Wildman–Crippen MR) is 60.8 cm³/mol. The summed E-state index contributed by atoms with van der Waals surface area (Å²) in [5.41, 5.74) is 1.58. The van der Waals surface area contributed by atoms with Crippen molar-refractivity contribution in [1.82, 2.24) is 10.3 Å². The highest BCUT2D eigenvalue weighted by molar-refractivity contribution is 5.56. The second-order valence-corrected chi connectivity index (χ2v) is 3.38. The number of nitrogens with one attached hydrogen (secondary N) is 1. The molecule has 0 aliphatic rings. The van der Waals surface area contributed by atoms with E-state index in [0.29, 0.717) is 5.56 Å². The Morgan fingerprint density at radius 3 is 3.07 bits per heavy atom. The number of pyridine rings is 1. The van der Waals surface area contributed by atoms with E-state index in [1.807, 2.05) is 14.1 Å². The monoisotopic (exact) mass is 204 g/mol. The van der Waals surface area contributed by atoms with Gasteiger partial charge in [0, 0.05) is 19.8 Å². The summed E-state index contributed by atoms with van der Waals surface area (Å²) in [7, 11) is 3.91. The maximum atomic E-state index is 8.92. The van der Waals surface area contributed by atoms with Gasteiger partial charge in [0.25, 0.3) is 0 Å². The van der Waals surface area contributed by atoms with Gasteiger partial charge in [-0.25, -0.2) is 0 Å². The Morgan fingerprint density at radius 2 is 2.40 bits per heavy atom. The van der Waals surface area contributed by atoms with E-state index < -0.39 is 0 Å². The Bertz CT molecular complexity index is 343. The van der Waals surface area contributed by atoms with Crippen LogP contribution < -0.4 is 10.2 Å². The molecule has 15 heavy (non-hydrogen) atoms. The van der Waals surface area contributed by atoms with E-state index in [1.165, 1.54) is 0 Å². The van der Waals surface area contributed by atoms with Crippen molar-refractivity contribution in [3.05, 3.63) is 24.0 Å². The molecule has 1 rings (SSSR count). The van der Waals surface area contributed by atoms with Crippen molar-refractivity contribution < 1.29 is 0 Å². The van der Waals surface area contributed by atoms with Crippen molar-refractivity contribution in [3.63, 3.8) is 0 Å². The molecular weight excluding hydrogens is 188 g/mol. The molecule has 0 aromatic carbocycles. The summed E-state index contributed by atoms with van der Waals surface area (Å²) in [4.78, 5) is 6.09. The number of nitrogens with zero attached hydrogens (tertiary/aromatic N) is 3. The summed E-state index contributed by atoms with van der Waals surface area (Å²) in [5.74, 6) is 0. The molecule has 0 saturated carbocycles. The Morgan fingerprint density at radius 1 is 1.60 bits per heavy atom. The quantitative estimate of drug-likeness (QED) is 0.727. The first-order chi connectivity index (χ1) is 7.29. The average molecular weight is 204 g/mol. The lowest BCUT2D eigenvalue weighted by Crippen LogP contribution is -2.23. The molecule has 1 aromatic heterocycles. The largest absolute Gasteiger partial charge is 0.372 e. The van der Waals surface area contributed by atoms with Gasteiger partial charge in [-0.1, -0.05) is 0 Å². The van der Waals surface area contributed by atoms with E-state index >= 15 is 0 Å². The fraction of sp³-hybridized carbons (Fsp3) is 0.455. The van der Waals surface area contributed by atoms with Crippen LogP contribution in [0.25, 0.3) is 0 Å². The molecule has 80 valence electrons.